The van der Waals surface area contributed by atoms with Gasteiger partial charge in [-0.1, -0.05) is 5.16 Å². The molecule has 84 valence electrons. The SMILES string of the molecule is CCOC(=O)CCCNc1nc(C)no1. The van der Waals surface area contributed by atoms with E-state index in [1.807, 2.05) is 0 Å². The van der Waals surface area contributed by atoms with Gasteiger partial charge in [0.1, 0.15) is 0 Å². The first-order chi connectivity index (χ1) is 7.22. The molecule has 1 N–H and O–H groups in total. The van der Waals surface area contributed by atoms with Gasteiger partial charge in [0.05, 0.1) is 6.61 Å². The first kappa shape index (κ1) is 11.5. The maximum absolute atomic E-state index is 11.0. The zero-order chi connectivity index (χ0) is 11.1. The molecule has 0 saturated carbocycles. The van der Waals surface area contributed by atoms with Gasteiger partial charge in [-0.25, -0.2) is 0 Å². The van der Waals surface area contributed by atoms with Crippen LogP contribution in [0.2, 0.25) is 0 Å². The molecule has 1 rings (SSSR count). The zero-order valence-corrected chi connectivity index (χ0v) is 8.95. The maximum Gasteiger partial charge on any atom is 0.321 e. The first-order valence-corrected chi connectivity index (χ1v) is 4.92. The van der Waals surface area contributed by atoms with Crippen LogP contribution in [-0.2, 0) is 9.53 Å². The van der Waals surface area contributed by atoms with Gasteiger partial charge in [-0.3, -0.25) is 4.79 Å². The number of carbonyl (C=O) groups excluding carboxylic acids is 1. The van der Waals surface area contributed by atoms with Crippen LogP contribution in [0.15, 0.2) is 4.52 Å². The summed E-state index contributed by atoms with van der Waals surface area (Å²) in [6.45, 7) is 4.57. The Bertz CT molecular complexity index is 311. The standard InChI is InChI=1S/C9H15N3O3/c1-3-14-8(13)5-4-6-10-9-11-7(2)12-15-9/h3-6H2,1-2H3,(H,10,11,12). The molecular formula is C9H15N3O3. The van der Waals surface area contributed by atoms with Crippen LogP contribution < -0.4 is 5.32 Å². The number of anilines is 1. The summed E-state index contributed by atoms with van der Waals surface area (Å²) in [5.41, 5.74) is 0. The summed E-state index contributed by atoms with van der Waals surface area (Å²) in [6, 6.07) is 0.386. The van der Waals surface area contributed by atoms with Crippen molar-refractivity contribution in [2.45, 2.75) is 26.7 Å². The van der Waals surface area contributed by atoms with Crippen molar-refractivity contribution in [3.05, 3.63) is 5.82 Å². The molecule has 6 heteroatoms. The van der Waals surface area contributed by atoms with Gasteiger partial charge in [0.15, 0.2) is 5.82 Å². The van der Waals surface area contributed by atoms with Gasteiger partial charge in [0.2, 0.25) is 0 Å². The van der Waals surface area contributed by atoms with E-state index in [0.29, 0.717) is 37.8 Å². The minimum atomic E-state index is -0.180. The smallest absolute Gasteiger partial charge is 0.321 e. The van der Waals surface area contributed by atoms with E-state index in [9.17, 15) is 4.79 Å². The second kappa shape index (κ2) is 6.00. The third kappa shape index (κ3) is 4.44. The van der Waals surface area contributed by atoms with E-state index in [2.05, 4.69) is 15.5 Å². The Kier molecular flexibility index (Phi) is 4.59. The van der Waals surface area contributed by atoms with Crippen LogP contribution in [0.25, 0.3) is 0 Å². The van der Waals surface area contributed by atoms with E-state index in [1.54, 1.807) is 13.8 Å². The zero-order valence-electron chi connectivity index (χ0n) is 8.95. The van der Waals surface area contributed by atoms with Gasteiger partial charge < -0.3 is 14.6 Å². The molecule has 1 heterocycles. The molecule has 6 nitrogen and oxygen atoms in total. The van der Waals surface area contributed by atoms with Crippen LogP contribution in [-0.4, -0.2) is 29.3 Å². The van der Waals surface area contributed by atoms with E-state index in [0.717, 1.165) is 0 Å². The van der Waals surface area contributed by atoms with Crippen molar-refractivity contribution in [3.8, 4) is 0 Å². The molecule has 0 atom stereocenters. The minimum absolute atomic E-state index is 0.180. The number of nitrogens with one attached hydrogen (secondary N) is 1. The van der Waals surface area contributed by atoms with E-state index in [1.165, 1.54) is 0 Å². The highest BCUT2D eigenvalue weighted by Crippen LogP contribution is 2.02. The van der Waals surface area contributed by atoms with Crippen LogP contribution in [0, 0.1) is 6.92 Å². The van der Waals surface area contributed by atoms with Crippen molar-refractivity contribution >= 4 is 12.0 Å². The number of nitrogens with zero attached hydrogens (tertiary/aromatic N) is 2. The second-order valence-corrected chi connectivity index (χ2v) is 2.98. The van der Waals surface area contributed by atoms with Gasteiger partial charge >= 0.3 is 12.0 Å². The fraction of sp³-hybridized carbons (Fsp3) is 0.667. The number of carbonyl (C=O) groups is 1. The molecule has 0 fully saturated rings. The lowest BCUT2D eigenvalue weighted by Gasteiger charge is -2.01. The van der Waals surface area contributed by atoms with E-state index >= 15 is 0 Å². The number of aryl methyl sites for hydroxylation is 1. The van der Waals surface area contributed by atoms with Crippen LogP contribution in [0.5, 0.6) is 0 Å². The molecule has 0 aromatic carbocycles. The van der Waals surface area contributed by atoms with E-state index in [-0.39, 0.29) is 5.97 Å². The van der Waals surface area contributed by atoms with E-state index in [4.69, 9.17) is 9.26 Å². The van der Waals surface area contributed by atoms with Gasteiger partial charge in [-0.2, -0.15) is 4.98 Å². The highest BCUT2D eigenvalue weighted by atomic mass is 16.5. The molecule has 0 amide bonds. The molecule has 15 heavy (non-hydrogen) atoms. The average Bonchev–Trinajstić information content (AvgIpc) is 2.60. The summed E-state index contributed by atoms with van der Waals surface area (Å²) in [6.07, 6.45) is 1.08. The van der Waals surface area contributed by atoms with Crippen molar-refractivity contribution in [2.75, 3.05) is 18.5 Å². The van der Waals surface area contributed by atoms with Crippen molar-refractivity contribution in [1.29, 1.82) is 0 Å². The quantitative estimate of drug-likeness (QED) is 0.564. The predicted octanol–water partition coefficient (Wildman–Crippen LogP) is 1.13. The minimum Gasteiger partial charge on any atom is -0.466 e. The Morgan fingerprint density at radius 3 is 3.00 bits per heavy atom. The molecule has 0 spiro atoms. The van der Waals surface area contributed by atoms with Gasteiger partial charge in [-0.05, 0) is 20.3 Å². The van der Waals surface area contributed by atoms with Crippen LogP contribution in [0.4, 0.5) is 6.01 Å². The van der Waals surface area contributed by atoms with Gasteiger partial charge in [0, 0.05) is 13.0 Å². The molecule has 0 saturated heterocycles. The Hall–Kier alpha value is -1.59. The summed E-state index contributed by atoms with van der Waals surface area (Å²) in [5.74, 6) is 0.406. The second-order valence-electron chi connectivity index (χ2n) is 2.98. The highest BCUT2D eigenvalue weighted by molar-refractivity contribution is 5.69. The summed E-state index contributed by atoms with van der Waals surface area (Å²) >= 11 is 0. The predicted molar refractivity (Wildman–Crippen MR) is 53.4 cm³/mol. The molecule has 0 radical (unpaired) electrons. The fourth-order valence-corrected chi connectivity index (χ4v) is 1.03. The molecule has 0 aliphatic carbocycles. The number of hydrogen-bond donors (Lipinski definition) is 1. The lowest BCUT2D eigenvalue weighted by molar-refractivity contribution is -0.143. The lowest BCUT2D eigenvalue weighted by atomic mass is 10.3. The molecule has 1 aromatic rings. The van der Waals surface area contributed by atoms with Gasteiger partial charge in [0.25, 0.3) is 0 Å². The molecule has 1 aromatic heterocycles. The normalized spacial score (nSPS) is 10.0. The first-order valence-electron chi connectivity index (χ1n) is 4.92. The van der Waals surface area contributed by atoms with Crippen LogP contribution in [0.3, 0.4) is 0 Å². The fourth-order valence-electron chi connectivity index (χ4n) is 1.03. The summed E-state index contributed by atoms with van der Waals surface area (Å²) in [7, 11) is 0. The molecule has 0 aliphatic rings. The van der Waals surface area contributed by atoms with Crippen molar-refractivity contribution in [3.63, 3.8) is 0 Å². The Morgan fingerprint density at radius 1 is 1.60 bits per heavy atom. The number of hydrogen-bond acceptors (Lipinski definition) is 6. The van der Waals surface area contributed by atoms with Crippen LogP contribution in [0.1, 0.15) is 25.6 Å². The van der Waals surface area contributed by atoms with E-state index < -0.39 is 0 Å². The lowest BCUT2D eigenvalue weighted by Crippen LogP contribution is -2.08. The maximum atomic E-state index is 11.0. The largest absolute Gasteiger partial charge is 0.466 e. The third-order valence-corrected chi connectivity index (χ3v) is 1.67. The number of esters is 1. The Labute approximate surface area is 88.0 Å². The van der Waals surface area contributed by atoms with Crippen molar-refractivity contribution in [2.24, 2.45) is 0 Å². The van der Waals surface area contributed by atoms with Crippen molar-refractivity contribution < 1.29 is 14.1 Å². The average molecular weight is 213 g/mol. The summed E-state index contributed by atoms with van der Waals surface area (Å²) in [5, 5.41) is 6.53. The summed E-state index contributed by atoms with van der Waals surface area (Å²) in [4.78, 5) is 14.9. The molecule has 0 unspecified atom stereocenters. The van der Waals surface area contributed by atoms with Gasteiger partial charge in [-0.15, -0.1) is 0 Å². The molecule has 0 bridgehead atoms. The number of ether oxygens (including phenoxy) is 1. The highest BCUT2D eigenvalue weighted by Gasteiger charge is 2.03. The number of aromatic nitrogens is 2. The summed E-state index contributed by atoms with van der Waals surface area (Å²) < 4.78 is 9.61. The molecule has 0 aliphatic heterocycles. The third-order valence-electron chi connectivity index (χ3n) is 1.67. The Balaban J connectivity index is 2.09. The number of rotatable bonds is 6. The molecular weight excluding hydrogens is 198 g/mol. The van der Waals surface area contributed by atoms with Crippen LogP contribution >= 0.6 is 0 Å². The topological polar surface area (TPSA) is 77.2 Å². The monoisotopic (exact) mass is 213 g/mol. The Morgan fingerprint density at radius 2 is 2.40 bits per heavy atom. The van der Waals surface area contributed by atoms with Crippen molar-refractivity contribution in [1.82, 2.24) is 10.1 Å².